The lowest BCUT2D eigenvalue weighted by atomic mass is 10.1. The highest BCUT2D eigenvalue weighted by Gasteiger charge is 2.29. The van der Waals surface area contributed by atoms with Crippen LogP contribution in [0.3, 0.4) is 0 Å². The molecule has 1 unspecified atom stereocenters. The molecule has 1 saturated heterocycles. The number of piperidine rings is 1. The third-order valence-electron chi connectivity index (χ3n) is 2.82. The highest BCUT2D eigenvalue weighted by molar-refractivity contribution is 9.10. The number of benzene rings is 1. The van der Waals surface area contributed by atoms with Gasteiger partial charge in [-0.3, -0.25) is 4.79 Å². The number of alkyl halides is 1. The van der Waals surface area contributed by atoms with Gasteiger partial charge in [-0.1, -0.05) is 15.9 Å². The predicted octanol–water partition coefficient (Wildman–Crippen LogP) is 2.72. The van der Waals surface area contributed by atoms with E-state index in [-0.39, 0.29) is 10.7 Å². The highest BCUT2D eigenvalue weighted by atomic mass is 79.9. The number of nitrogens with zero attached hydrogens (tertiary/aromatic N) is 1. The Morgan fingerprint density at radius 3 is 3.00 bits per heavy atom. The Hall–Kier alpha value is -1.10. The standard InChI is InChI=1S/C12H13BrFNO2/c1-17-8-4-5-10(14)11(7-8)15-6-2-3-9(13)12(15)16/h4-5,7,9H,2-3,6H2,1H3. The fraction of sp³-hybridized carbons (Fsp3) is 0.417. The van der Waals surface area contributed by atoms with E-state index < -0.39 is 5.82 Å². The summed E-state index contributed by atoms with van der Waals surface area (Å²) < 4.78 is 18.8. The van der Waals surface area contributed by atoms with Crippen molar-refractivity contribution in [2.75, 3.05) is 18.6 Å². The van der Waals surface area contributed by atoms with Crippen LogP contribution in [0.15, 0.2) is 18.2 Å². The minimum absolute atomic E-state index is 0.0941. The zero-order valence-corrected chi connectivity index (χ0v) is 11.0. The zero-order valence-electron chi connectivity index (χ0n) is 9.45. The first-order valence-corrected chi connectivity index (χ1v) is 6.34. The van der Waals surface area contributed by atoms with Crippen molar-refractivity contribution in [3.8, 4) is 5.75 Å². The van der Waals surface area contributed by atoms with Crippen LogP contribution < -0.4 is 9.64 Å². The molecule has 1 aromatic carbocycles. The maximum Gasteiger partial charge on any atom is 0.240 e. The molecule has 92 valence electrons. The first-order valence-electron chi connectivity index (χ1n) is 5.42. The minimum atomic E-state index is -0.402. The predicted molar refractivity (Wildman–Crippen MR) is 67.3 cm³/mol. The van der Waals surface area contributed by atoms with Crippen LogP contribution in [-0.4, -0.2) is 24.4 Å². The summed E-state index contributed by atoms with van der Waals surface area (Å²) in [6.07, 6.45) is 1.65. The molecular formula is C12H13BrFNO2. The average molecular weight is 302 g/mol. The molecule has 0 saturated carbocycles. The van der Waals surface area contributed by atoms with Gasteiger partial charge < -0.3 is 9.64 Å². The number of anilines is 1. The molecule has 0 aliphatic carbocycles. The second kappa shape index (κ2) is 5.04. The van der Waals surface area contributed by atoms with Crippen LogP contribution in [0.1, 0.15) is 12.8 Å². The number of carbonyl (C=O) groups is 1. The van der Waals surface area contributed by atoms with E-state index in [2.05, 4.69) is 15.9 Å². The molecule has 0 spiro atoms. The molecule has 0 aromatic heterocycles. The molecule has 1 aromatic rings. The molecule has 1 aliphatic rings. The summed E-state index contributed by atoms with van der Waals surface area (Å²) in [4.78, 5) is 13.2. The summed E-state index contributed by atoms with van der Waals surface area (Å²) in [5.41, 5.74) is 0.290. The van der Waals surface area contributed by atoms with Crippen LogP contribution >= 0.6 is 15.9 Å². The Balaban J connectivity index is 2.35. The summed E-state index contributed by atoms with van der Waals surface area (Å²) in [5.74, 6) is 0.0510. The highest BCUT2D eigenvalue weighted by Crippen LogP contribution is 2.29. The lowest BCUT2D eigenvalue weighted by molar-refractivity contribution is -0.118. The number of rotatable bonds is 2. The Bertz CT molecular complexity index is 439. The van der Waals surface area contributed by atoms with E-state index in [1.165, 1.54) is 18.1 Å². The molecular weight excluding hydrogens is 289 g/mol. The molecule has 5 heteroatoms. The van der Waals surface area contributed by atoms with Crippen LogP contribution in [0, 0.1) is 5.82 Å². The van der Waals surface area contributed by atoms with Gasteiger partial charge in [0.2, 0.25) is 5.91 Å². The molecule has 1 atom stereocenters. The first-order chi connectivity index (χ1) is 8.13. The van der Waals surface area contributed by atoms with Crippen LogP contribution in [0.2, 0.25) is 0 Å². The fourth-order valence-electron chi connectivity index (χ4n) is 1.90. The van der Waals surface area contributed by atoms with Gasteiger partial charge in [0.05, 0.1) is 17.6 Å². The third-order valence-corrected chi connectivity index (χ3v) is 3.67. The topological polar surface area (TPSA) is 29.5 Å². The zero-order chi connectivity index (χ0) is 12.4. The average Bonchev–Trinajstić information content (AvgIpc) is 2.34. The first kappa shape index (κ1) is 12.4. The molecule has 1 heterocycles. The van der Waals surface area contributed by atoms with Gasteiger partial charge in [-0.25, -0.2) is 4.39 Å². The maximum absolute atomic E-state index is 13.7. The van der Waals surface area contributed by atoms with Crippen LogP contribution in [0.25, 0.3) is 0 Å². The number of ether oxygens (including phenoxy) is 1. The molecule has 0 radical (unpaired) electrons. The van der Waals surface area contributed by atoms with Gasteiger partial charge in [0.15, 0.2) is 0 Å². The van der Waals surface area contributed by atoms with Gasteiger partial charge in [-0.15, -0.1) is 0 Å². The molecule has 3 nitrogen and oxygen atoms in total. The van der Waals surface area contributed by atoms with Crippen LogP contribution in [0.5, 0.6) is 5.75 Å². The number of hydrogen-bond acceptors (Lipinski definition) is 2. The molecule has 1 aliphatic heterocycles. The molecule has 17 heavy (non-hydrogen) atoms. The van der Waals surface area contributed by atoms with E-state index >= 15 is 0 Å². The van der Waals surface area contributed by atoms with Crippen molar-refractivity contribution in [1.82, 2.24) is 0 Å². The molecule has 1 amide bonds. The summed E-state index contributed by atoms with van der Waals surface area (Å²) >= 11 is 3.31. The minimum Gasteiger partial charge on any atom is -0.497 e. The van der Waals surface area contributed by atoms with E-state index in [9.17, 15) is 9.18 Å². The maximum atomic E-state index is 13.7. The molecule has 2 rings (SSSR count). The van der Waals surface area contributed by atoms with Gasteiger partial charge in [0.1, 0.15) is 11.6 Å². The van der Waals surface area contributed by atoms with Crippen molar-refractivity contribution in [1.29, 1.82) is 0 Å². The number of carbonyl (C=O) groups excluding carboxylic acids is 1. The van der Waals surface area contributed by atoms with E-state index in [1.807, 2.05) is 0 Å². The van der Waals surface area contributed by atoms with Gasteiger partial charge >= 0.3 is 0 Å². The lowest BCUT2D eigenvalue weighted by Gasteiger charge is -2.30. The van der Waals surface area contributed by atoms with Gasteiger partial charge in [-0.05, 0) is 25.0 Å². The second-order valence-electron chi connectivity index (χ2n) is 3.92. The van der Waals surface area contributed by atoms with Crippen molar-refractivity contribution < 1.29 is 13.9 Å². The largest absolute Gasteiger partial charge is 0.497 e. The van der Waals surface area contributed by atoms with Crippen LogP contribution in [-0.2, 0) is 4.79 Å². The van der Waals surface area contributed by atoms with E-state index in [0.717, 1.165) is 12.8 Å². The second-order valence-corrected chi connectivity index (χ2v) is 5.02. The van der Waals surface area contributed by atoms with E-state index in [1.54, 1.807) is 12.1 Å². The summed E-state index contributed by atoms with van der Waals surface area (Å²) in [6, 6.07) is 4.41. The smallest absolute Gasteiger partial charge is 0.240 e. The number of amides is 1. The van der Waals surface area contributed by atoms with Gasteiger partial charge in [-0.2, -0.15) is 0 Å². The van der Waals surface area contributed by atoms with Crippen molar-refractivity contribution in [3.63, 3.8) is 0 Å². The number of halogens is 2. The number of methoxy groups -OCH3 is 1. The summed E-state index contributed by atoms with van der Waals surface area (Å²) in [6.45, 7) is 0.547. The summed E-state index contributed by atoms with van der Waals surface area (Å²) in [5, 5.41) is 0. The molecule has 1 fully saturated rings. The van der Waals surface area contributed by atoms with Gasteiger partial charge in [0.25, 0.3) is 0 Å². The Morgan fingerprint density at radius 2 is 2.29 bits per heavy atom. The Kier molecular flexibility index (Phi) is 3.66. The fourth-order valence-corrected chi connectivity index (χ4v) is 2.47. The Morgan fingerprint density at radius 1 is 1.53 bits per heavy atom. The Labute approximate surface area is 108 Å². The van der Waals surface area contributed by atoms with Crippen molar-refractivity contribution >= 4 is 27.5 Å². The SMILES string of the molecule is COc1ccc(F)c(N2CCCC(Br)C2=O)c1. The van der Waals surface area contributed by atoms with Crippen molar-refractivity contribution in [3.05, 3.63) is 24.0 Å². The lowest BCUT2D eigenvalue weighted by Crippen LogP contribution is -2.42. The normalized spacial score (nSPS) is 20.5. The van der Waals surface area contributed by atoms with E-state index in [4.69, 9.17) is 4.74 Å². The molecule has 0 N–H and O–H groups in total. The van der Waals surface area contributed by atoms with Gasteiger partial charge in [0, 0.05) is 12.6 Å². The quantitative estimate of drug-likeness (QED) is 0.786. The van der Waals surface area contributed by atoms with Crippen molar-refractivity contribution in [2.45, 2.75) is 17.7 Å². The summed E-state index contributed by atoms with van der Waals surface area (Å²) in [7, 11) is 1.52. The number of hydrogen-bond donors (Lipinski definition) is 0. The molecule has 0 bridgehead atoms. The third kappa shape index (κ3) is 2.44. The van der Waals surface area contributed by atoms with Crippen molar-refractivity contribution in [2.24, 2.45) is 0 Å². The van der Waals surface area contributed by atoms with Crippen LogP contribution in [0.4, 0.5) is 10.1 Å². The monoisotopic (exact) mass is 301 g/mol. The van der Waals surface area contributed by atoms with E-state index in [0.29, 0.717) is 18.0 Å².